The number of hydrogen-bond donors (Lipinski definition) is 0. The number of aryl methyl sites for hydroxylation is 1. The molecule has 0 aliphatic rings. The molecule has 0 aliphatic carbocycles. The largest absolute Gasteiger partial charge is 0.463 e. The lowest BCUT2D eigenvalue weighted by Gasteiger charge is -2.07. The van der Waals surface area contributed by atoms with Crippen molar-refractivity contribution in [3.8, 4) is 0 Å². The van der Waals surface area contributed by atoms with Crippen LogP contribution in [-0.4, -0.2) is 22.4 Å². The van der Waals surface area contributed by atoms with Gasteiger partial charge in [-0.3, -0.25) is 4.68 Å². The van der Waals surface area contributed by atoms with Crippen molar-refractivity contribution in [1.29, 1.82) is 0 Å². The molecule has 0 bridgehead atoms. The Bertz CT molecular complexity index is 419. The molecule has 1 rings (SSSR count). The standard InChI is InChI=1S/C12H18N2O2/c1-6-16-12(15)8(2)7-14-11(5)9(3)10(4)13-14/h2,6-7H2,1,3-5H3. The topological polar surface area (TPSA) is 44.1 Å². The Labute approximate surface area is 95.9 Å². The smallest absolute Gasteiger partial charge is 0.335 e. The number of hydrogen-bond acceptors (Lipinski definition) is 3. The highest BCUT2D eigenvalue weighted by Crippen LogP contribution is 2.12. The van der Waals surface area contributed by atoms with E-state index in [1.54, 1.807) is 11.6 Å². The van der Waals surface area contributed by atoms with Gasteiger partial charge in [-0.1, -0.05) is 6.58 Å². The minimum atomic E-state index is -0.354. The third-order valence-electron chi connectivity index (χ3n) is 2.65. The summed E-state index contributed by atoms with van der Waals surface area (Å²) >= 11 is 0. The van der Waals surface area contributed by atoms with Crippen LogP contribution in [0.3, 0.4) is 0 Å². The molecule has 88 valence electrons. The molecule has 1 heterocycles. The lowest BCUT2D eigenvalue weighted by molar-refractivity contribution is -0.138. The fourth-order valence-corrected chi connectivity index (χ4v) is 1.42. The Morgan fingerprint density at radius 3 is 2.50 bits per heavy atom. The van der Waals surface area contributed by atoms with Crippen molar-refractivity contribution >= 4 is 5.97 Å². The lowest BCUT2D eigenvalue weighted by Crippen LogP contribution is -2.14. The number of esters is 1. The summed E-state index contributed by atoms with van der Waals surface area (Å²) < 4.78 is 6.65. The molecular formula is C12H18N2O2. The van der Waals surface area contributed by atoms with Crippen molar-refractivity contribution in [1.82, 2.24) is 9.78 Å². The van der Waals surface area contributed by atoms with E-state index in [9.17, 15) is 4.79 Å². The first-order valence-electron chi connectivity index (χ1n) is 5.32. The first-order chi connectivity index (χ1) is 7.47. The number of rotatable bonds is 4. The van der Waals surface area contributed by atoms with Crippen molar-refractivity contribution < 1.29 is 9.53 Å². The van der Waals surface area contributed by atoms with Gasteiger partial charge >= 0.3 is 5.97 Å². The molecule has 0 spiro atoms. The Kier molecular flexibility index (Phi) is 3.88. The molecule has 0 saturated heterocycles. The molecule has 0 unspecified atom stereocenters. The monoisotopic (exact) mass is 222 g/mol. The summed E-state index contributed by atoms with van der Waals surface area (Å²) in [5, 5.41) is 4.34. The number of aromatic nitrogens is 2. The molecule has 1 aromatic heterocycles. The number of carbonyl (C=O) groups is 1. The number of carbonyl (C=O) groups excluding carboxylic acids is 1. The average molecular weight is 222 g/mol. The van der Waals surface area contributed by atoms with Crippen molar-refractivity contribution in [3.63, 3.8) is 0 Å². The molecule has 4 nitrogen and oxygen atoms in total. The molecular weight excluding hydrogens is 204 g/mol. The van der Waals surface area contributed by atoms with Crippen molar-refractivity contribution in [3.05, 3.63) is 29.1 Å². The van der Waals surface area contributed by atoms with Crippen LogP contribution in [0, 0.1) is 20.8 Å². The molecule has 0 radical (unpaired) electrons. The minimum Gasteiger partial charge on any atom is -0.463 e. The van der Waals surface area contributed by atoms with Gasteiger partial charge in [-0.25, -0.2) is 4.79 Å². The molecule has 0 N–H and O–H groups in total. The summed E-state index contributed by atoms with van der Waals surface area (Å²) in [5.74, 6) is -0.354. The van der Waals surface area contributed by atoms with Crippen LogP contribution in [0.1, 0.15) is 23.9 Å². The van der Waals surface area contributed by atoms with Crippen LogP contribution in [0.15, 0.2) is 12.2 Å². The highest BCUT2D eigenvalue weighted by atomic mass is 16.5. The van der Waals surface area contributed by atoms with Gasteiger partial charge < -0.3 is 4.74 Å². The molecule has 0 fully saturated rings. The Morgan fingerprint density at radius 1 is 1.44 bits per heavy atom. The Morgan fingerprint density at radius 2 is 2.06 bits per heavy atom. The van der Waals surface area contributed by atoms with Crippen LogP contribution in [-0.2, 0) is 16.1 Å². The average Bonchev–Trinajstić information content (AvgIpc) is 2.47. The van der Waals surface area contributed by atoms with E-state index in [0.29, 0.717) is 18.7 Å². The molecule has 0 atom stereocenters. The predicted molar refractivity (Wildman–Crippen MR) is 62.2 cm³/mol. The Hall–Kier alpha value is -1.58. The quantitative estimate of drug-likeness (QED) is 0.577. The first kappa shape index (κ1) is 12.5. The van der Waals surface area contributed by atoms with E-state index in [-0.39, 0.29) is 5.97 Å². The van der Waals surface area contributed by atoms with E-state index in [1.807, 2.05) is 20.8 Å². The van der Waals surface area contributed by atoms with Gasteiger partial charge in [0.2, 0.25) is 0 Å². The van der Waals surface area contributed by atoms with E-state index in [2.05, 4.69) is 11.7 Å². The van der Waals surface area contributed by atoms with E-state index in [4.69, 9.17) is 4.74 Å². The van der Waals surface area contributed by atoms with Crippen LogP contribution in [0.4, 0.5) is 0 Å². The second-order valence-corrected chi connectivity index (χ2v) is 3.78. The van der Waals surface area contributed by atoms with Crippen molar-refractivity contribution in [2.75, 3.05) is 6.61 Å². The van der Waals surface area contributed by atoms with E-state index in [1.165, 1.54) is 0 Å². The third-order valence-corrected chi connectivity index (χ3v) is 2.65. The van der Waals surface area contributed by atoms with Crippen LogP contribution in [0.5, 0.6) is 0 Å². The van der Waals surface area contributed by atoms with Crippen LogP contribution >= 0.6 is 0 Å². The highest BCUT2D eigenvalue weighted by Gasteiger charge is 2.12. The van der Waals surface area contributed by atoms with Crippen LogP contribution in [0.25, 0.3) is 0 Å². The Balaban J connectivity index is 2.77. The van der Waals surface area contributed by atoms with Gasteiger partial charge in [-0.2, -0.15) is 5.10 Å². The SMILES string of the molecule is C=C(Cn1nc(C)c(C)c1C)C(=O)OCC. The summed E-state index contributed by atoms with van der Waals surface area (Å²) in [5.41, 5.74) is 3.61. The van der Waals surface area contributed by atoms with Gasteiger partial charge in [-0.15, -0.1) is 0 Å². The maximum absolute atomic E-state index is 11.4. The maximum atomic E-state index is 11.4. The van der Waals surface area contributed by atoms with E-state index >= 15 is 0 Å². The van der Waals surface area contributed by atoms with Gasteiger partial charge in [0, 0.05) is 5.69 Å². The van der Waals surface area contributed by atoms with Gasteiger partial charge in [0.1, 0.15) is 0 Å². The third kappa shape index (κ3) is 2.51. The molecule has 0 aromatic carbocycles. The zero-order valence-electron chi connectivity index (χ0n) is 10.3. The van der Waals surface area contributed by atoms with Gasteiger partial charge in [0.25, 0.3) is 0 Å². The van der Waals surface area contributed by atoms with E-state index < -0.39 is 0 Å². The first-order valence-corrected chi connectivity index (χ1v) is 5.32. The summed E-state index contributed by atoms with van der Waals surface area (Å²) in [4.78, 5) is 11.4. The second-order valence-electron chi connectivity index (χ2n) is 3.78. The number of ether oxygens (including phenoxy) is 1. The van der Waals surface area contributed by atoms with Crippen LogP contribution < -0.4 is 0 Å². The van der Waals surface area contributed by atoms with Crippen molar-refractivity contribution in [2.45, 2.75) is 34.2 Å². The molecule has 0 amide bonds. The fraction of sp³-hybridized carbons (Fsp3) is 0.500. The summed E-state index contributed by atoms with van der Waals surface area (Å²) in [6, 6.07) is 0. The van der Waals surface area contributed by atoms with Crippen LogP contribution in [0.2, 0.25) is 0 Å². The maximum Gasteiger partial charge on any atom is 0.335 e. The fourth-order valence-electron chi connectivity index (χ4n) is 1.42. The lowest BCUT2D eigenvalue weighted by atomic mass is 10.2. The molecule has 16 heavy (non-hydrogen) atoms. The molecule has 0 aliphatic heterocycles. The van der Waals surface area contributed by atoms with Gasteiger partial charge in [0.15, 0.2) is 0 Å². The zero-order valence-corrected chi connectivity index (χ0v) is 10.3. The van der Waals surface area contributed by atoms with Gasteiger partial charge in [0.05, 0.1) is 24.4 Å². The van der Waals surface area contributed by atoms with Gasteiger partial charge in [-0.05, 0) is 33.3 Å². The number of nitrogens with zero attached hydrogens (tertiary/aromatic N) is 2. The normalized spacial score (nSPS) is 10.2. The minimum absolute atomic E-state index is 0.354. The second kappa shape index (κ2) is 4.96. The van der Waals surface area contributed by atoms with Crippen molar-refractivity contribution in [2.24, 2.45) is 0 Å². The predicted octanol–water partition coefficient (Wildman–Crippen LogP) is 1.93. The summed E-state index contributed by atoms with van der Waals surface area (Å²) in [7, 11) is 0. The summed E-state index contributed by atoms with van der Waals surface area (Å²) in [6.45, 7) is 12.2. The van der Waals surface area contributed by atoms with E-state index in [0.717, 1.165) is 17.0 Å². The zero-order chi connectivity index (χ0) is 12.3. The highest BCUT2D eigenvalue weighted by molar-refractivity contribution is 5.87. The molecule has 4 heteroatoms. The molecule has 1 aromatic rings. The summed E-state index contributed by atoms with van der Waals surface area (Å²) in [6.07, 6.45) is 0. The molecule has 0 saturated carbocycles.